The van der Waals surface area contributed by atoms with Gasteiger partial charge >= 0.3 is 0 Å². The van der Waals surface area contributed by atoms with Crippen molar-refractivity contribution < 1.29 is 4.74 Å². The fourth-order valence-electron chi connectivity index (χ4n) is 3.03. The highest BCUT2D eigenvalue weighted by Gasteiger charge is 2.52. The van der Waals surface area contributed by atoms with E-state index in [0.29, 0.717) is 13.2 Å². The number of hydrogen-bond acceptors (Lipinski definition) is 5. The van der Waals surface area contributed by atoms with Crippen LogP contribution in [-0.4, -0.2) is 35.3 Å². The summed E-state index contributed by atoms with van der Waals surface area (Å²) < 4.78 is 5.45. The Kier molecular flexibility index (Phi) is 1.86. The molecule has 4 rings (SSSR count). The first-order chi connectivity index (χ1) is 9.13. The Balaban J connectivity index is 2.07. The van der Waals surface area contributed by atoms with Gasteiger partial charge in [-0.15, -0.1) is 0 Å². The monoisotopic (exact) mass is 257 g/mol. The standard InChI is InChI=1S/C13H15N5O/c1-17-11-8(4-3-5-9(11)14)10-12(16-18(2)15-10)13(17)6-19-7-13/h3-5H,6-7,14H2,1-2H3. The van der Waals surface area contributed by atoms with E-state index in [9.17, 15) is 0 Å². The van der Waals surface area contributed by atoms with Crippen LogP contribution in [0, 0.1) is 0 Å². The van der Waals surface area contributed by atoms with Gasteiger partial charge in [-0.2, -0.15) is 15.0 Å². The molecule has 1 aromatic heterocycles. The van der Waals surface area contributed by atoms with Crippen molar-refractivity contribution in [2.24, 2.45) is 7.05 Å². The molecule has 1 aromatic carbocycles. The van der Waals surface area contributed by atoms with Gasteiger partial charge in [-0.3, -0.25) is 0 Å². The summed E-state index contributed by atoms with van der Waals surface area (Å²) in [5.74, 6) is 0. The van der Waals surface area contributed by atoms with Gasteiger partial charge in [0.1, 0.15) is 16.9 Å². The molecule has 2 aromatic rings. The van der Waals surface area contributed by atoms with Crippen LogP contribution in [0.15, 0.2) is 18.2 Å². The molecule has 3 heterocycles. The van der Waals surface area contributed by atoms with Crippen LogP contribution < -0.4 is 10.6 Å². The molecule has 1 fully saturated rings. The Morgan fingerprint density at radius 2 is 2.05 bits per heavy atom. The molecular formula is C13H15N5O. The molecule has 19 heavy (non-hydrogen) atoms. The van der Waals surface area contributed by atoms with Gasteiger partial charge in [-0.05, 0) is 6.07 Å². The summed E-state index contributed by atoms with van der Waals surface area (Å²) in [6.45, 7) is 1.26. The fraction of sp³-hybridized carbons (Fsp3) is 0.385. The number of nitrogen functional groups attached to an aromatic ring is 1. The van der Waals surface area contributed by atoms with Crippen molar-refractivity contribution in [3.05, 3.63) is 23.9 Å². The van der Waals surface area contributed by atoms with Crippen molar-refractivity contribution in [2.45, 2.75) is 5.54 Å². The third kappa shape index (κ3) is 1.14. The van der Waals surface area contributed by atoms with Crippen molar-refractivity contribution >= 4 is 11.4 Å². The molecule has 2 N–H and O–H groups in total. The highest BCUT2D eigenvalue weighted by Crippen LogP contribution is 2.50. The van der Waals surface area contributed by atoms with Gasteiger partial charge in [0, 0.05) is 19.7 Å². The topological polar surface area (TPSA) is 69.2 Å². The summed E-state index contributed by atoms with van der Waals surface area (Å²) in [6.07, 6.45) is 0. The molecule has 1 spiro atoms. The molecule has 0 radical (unpaired) electrons. The Bertz CT molecular complexity index is 674. The number of anilines is 2. The molecule has 6 nitrogen and oxygen atoms in total. The summed E-state index contributed by atoms with van der Waals surface area (Å²) in [7, 11) is 3.90. The Morgan fingerprint density at radius 1 is 1.26 bits per heavy atom. The predicted octanol–water partition coefficient (Wildman–Crippen LogP) is 0.740. The fourth-order valence-corrected chi connectivity index (χ4v) is 3.03. The molecule has 2 aliphatic heterocycles. The second kappa shape index (κ2) is 3.27. The van der Waals surface area contributed by atoms with Gasteiger partial charge in [-0.1, -0.05) is 12.1 Å². The van der Waals surface area contributed by atoms with Gasteiger partial charge in [0.15, 0.2) is 0 Å². The first-order valence-corrected chi connectivity index (χ1v) is 6.26. The molecule has 2 aliphatic rings. The molecule has 0 aliphatic carbocycles. The Labute approximate surface area is 110 Å². The average Bonchev–Trinajstić information content (AvgIpc) is 2.69. The van der Waals surface area contributed by atoms with Crippen LogP contribution in [0.25, 0.3) is 11.3 Å². The third-order valence-corrected chi connectivity index (χ3v) is 4.14. The first-order valence-electron chi connectivity index (χ1n) is 6.26. The third-order valence-electron chi connectivity index (χ3n) is 4.14. The van der Waals surface area contributed by atoms with E-state index in [4.69, 9.17) is 10.5 Å². The van der Waals surface area contributed by atoms with Crippen LogP contribution in [0.5, 0.6) is 0 Å². The molecule has 98 valence electrons. The van der Waals surface area contributed by atoms with Crippen LogP contribution in [-0.2, 0) is 17.3 Å². The smallest absolute Gasteiger partial charge is 0.133 e. The van der Waals surface area contributed by atoms with Gasteiger partial charge in [-0.25, -0.2) is 0 Å². The van der Waals surface area contributed by atoms with Gasteiger partial charge in [0.05, 0.1) is 24.6 Å². The summed E-state index contributed by atoms with van der Waals surface area (Å²) in [4.78, 5) is 3.81. The van der Waals surface area contributed by atoms with E-state index in [1.807, 2.05) is 25.2 Å². The molecule has 1 saturated heterocycles. The minimum atomic E-state index is -0.216. The Hall–Kier alpha value is -2.08. The van der Waals surface area contributed by atoms with Crippen LogP contribution >= 0.6 is 0 Å². The second-order valence-electron chi connectivity index (χ2n) is 5.21. The van der Waals surface area contributed by atoms with E-state index in [0.717, 1.165) is 28.3 Å². The summed E-state index contributed by atoms with van der Waals surface area (Å²) in [6, 6.07) is 5.92. The van der Waals surface area contributed by atoms with E-state index in [1.54, 1.807) is 4.80 Å². The number of rotatable bonds is 0. The average molecular weight is 257 g/mol. The molecule has 0 unspecified atom stereocenters. The number of para-hydroxylation sites is 1. The zero-order valence-electron chi connectivity index (χ0n) is 10.9. The number of benzene rings is 1. The highest BCUT2D eigenvalue weighted by molar-refractivity contribution is 5.90. The lowest BCUT2D eigenvalue weighted by atomic mass is 9.83. The second-order valence-corrected chi connectivity index (χ2v) is 5.21. The van der Waals surface area contributed by atoms with Crippen molar-refractivity contribution in [3.8, 4) is 11.3 Å². The van der Waals surface area contributed by atoms with Crippen molar-refractivity contribution in [2.75, 3.05) is 30.9 Å². The Morgan fingerprint density at radius 3 is 2.74 bits per heavy atom. The summed E-state index contributed by atoms with van der Waals surface area (Å²) in [5.41, 5.74) is 10.7. The van der Waals surface area contributed by atoms with Crippen molar-refractivity contribution in [3.63, 3.8) is 0 Å². The SMILES string of the molecule is CN1c2c(N)cccc2-c2nn(C)nc2C12COC2. The number of nitrogens with zero attached hydrogens (tertiary/aromatic N) is 4. The molecule has 0 amide bonds. The molecular weight excluding hydrogens is 242 g/mol. The lowest BCUT2D eigenvalue weighted by molar-refractivity contribution is -0.0617. The van der Waals surface area contributed by atoms with Crippen LogP contribution in [0.1, 0.15) is 5.69 Å². The molecule has 0 atom stereocenters. The lowest BCUT2D eigenvalue weighted by Crippen LogP contribution is -2.60. The quantitative estimate of drug-likeness (QED) is 0.705. The minimum Gasteiger partial charge on any atom is -0.397 e. The van der Waals surface area contributed by atoms with Gasteiger partial charge in [0.2, 0.25) is 0 Å². The largest absolute Gasteiger partial charge is 0.397 e. The minimum absolute atomic E-state index is 0.216. The number of fused-ring (bicyclic) bond motifs is 4. The number of hydrogen-bond donors (Lipinski definition) is 1. The zero-order chi connectivity index (χ0) is 13.2. The number of aryl methyl sites for hydroxylation is 1. The molecule has 6 heteroatoms. The van der Waals surface area contributed by atoms with Crippen LogP contribution in [0.4, 0.5) is 11.4 Å². The van der Waals surface area contributed by atoms with E-state index in [2.05, 4.69) is 22.1 Å². The van der Waals surface area contributed by atoms with Gasteiger partial charge in [0.25, 0.3) is 0 Å². The maximum atomic E-state index is 6.16. The zero-order valence-corrected chi connectivity index (χ0v) is 10.9. The number of nitrogens with two attached hydrogens (primary N) is 1. The number of likely N-dealkylation sites (N-methyl/N-ethyl adjacent to an activating group) is 1. The maximum absolute atomic E-state index is 6.16. The number of ether oxygens (including phenoxy) is 1. The normalized spacial score (nSPS) is 18.9. The molecule has 0 saturated carbocycles. The van der Waals surface area contributed by atoms with E-state index >= 15 is 0 Å². The van der Waals surface area contributed by atoms with Gasteiger partial charge < -0.3 is 15.4 Å². The first kappa shape index (κ1) is 10.8. The van der Waals surface area contributed by atoms with E-state index in [1.165, 1.54) is 0 Å². The summed E-state index contributed by atoms with van der Waals surface area (Å²) >= 11 is 0. The highest BCUT2D eigenvalue weighted by atomic mass is 16.5. The van der Waals surface area contributed by atoms with E-state index < -0.39 is 0 Å². The molecule has 0 bridgehead atoms. The maximum Gasteiger partial charge on any atom is 0.133 e. The van der Waals surface area contributed by atoms with Crippen molar-refractivity contribution in [1.29, 1.82) is 0 Å². The summed E-state index contributed by atoms with van der Waals surface area (Å²) in [5, 5.41) is 9.06. The predicted molar refractivity (Wildman–Crippen MR) is 71.8 cm³/mol. The lowest BCUT2D eigenvalue weighted by Gasteiger charge is -2.50. The van der Waals surface area contributed by atoms with Crippen molar-refractivity contribution in [1.82, 2.24) is 15.0 Å². The van der Waals surface area contributed by atoms with Crippen LogP contribution in [0.3, 0.4) is 0 Å². The van der Waals surface area contributed by atoms with Crippen LogP contribution in [0.2, 0.25) is 0 Å². The van der Waals surface area contributed by atoms with E-state index in [-0.39, 0.29) is 5.54 Å². The number of aromatic nitrogens is 3.